The van der Waals surface area contributed by atoms with E-state index in [9.17, 15) is 0 Å². The molecular formula is C14H19N3O. The smallest absolute Gasteiger partial charge is 0.127 e. The molecule has 2 aromatic rings. The normalized spacial score (nSPS) is 12.5. The number of methoxy groups -OCH3 is 1. The van der Waals surface area contributed by atoms with Gasteiger partial charge in [0.05, 0.1) is 31.4 Å². The average molecular weight is 245 g/mol. The van der Waals surface area contributed by atoms with Crippen molar-refractivity contribution in [1.29, 1.82) is 0 Å². The number of hydrogen-bond donors (Lipinski definition) is 1. The lowest BCUT2D eigenvalue weighted by atomic mass is 9.98. The van der Waals surface area contributed by atoms with Crippen LogP contribution in [0.2, 0.25) is 0 Å². The standard InChI is InChI=1S/C14H19N3O/c1-9-5-6-11(14(18-4)10(9)2)13(15)12-7-16-8-17(12)3/h5-8,13H,15H2,1-4H3. The van der Waals surface area contributed by atoms with Gasteiger partial charge in [-0.25, -0.2) is 4.98 Å². The first kappa shape index (κ1) is 12.6. The molecule has 0 spiro atoms. The van der Waals surface area contributed by atoms with Crippen LogP contribution in [0.4, 0.5) is 0 Å². The van der Waals surface area contributed by atoms with E-state index in [2.05, 4.69) is 18.0 Å². The monoisotopic (exact) mass is 245 g/mol. The quantitative estimate of drug-likeness (QED) is 0.901. The number of aryl methyl sites for hydroxylation is 2. The molecule has 0 aliphatic carbocycles. The second-order valence-corrected chi connectivity index (χ2v) is 4.54. The molecule has 0 radical (unpaired) electrons. The molecule has 2 rings (SSSR count). The zero-order chi connectivity index (χ0) is 13.3. The second kappa shape index (κ2) is 4.82. The van der Waals surface area contributed by atoms with Gasteiger partial charge in [0.2, 0.25) is 0 Å². The van der Waals surface area contributed by atoms with Crippen molar-refractivity contribution in [2.75, 3.05) is 7.11 Å². The molecule has 96 valence electrons. The van der Waals surface area contributed by atoms with E-state index in [1.54, 1.807) is 19.6 Å². The lowest BCUT2D eigenvalue weighted by molar-refractivity contribution is 0.403. The van der Waals surface area contributed by atoms with Crippen molar-refractivity contribution in [3.63, 3.8) is 0 Å². The summed E-state index contributed by atoms with van der Waals surface area (Å²) in [6.07, 6.45) is 3.54. The highest BCUT2D eigenvalue weighted by atomic mass is 16.5. The predicted molar refractivity (Wildman–Crippen MR) is 71.7 cm³/mol. The number of nitrogens with zero attached hydrogens (tertiary/aromatic N) is 2. The fraction of sp³-hybridized carbons (Fsp3) is 0.357. The Kier molecular flexibility index (Phi) is 3.39. The van der Waals surface area contributed by atoms with E-state index in [1.165, 1.54) is 5.56 Å². The molecule has 1 heterocycles. The van der Waals surface area contributed by atoms with Gasteiger partial charge in [-0.05, 0) is 25.0 Å². The first-order valence-corrected chi connectivity index (χ1v) is 5.92. The Morgan fingerprint density at radius 2 is 2.06 bits per heavy atom. The zero-order valence-electron chi connectivity index (χ0n) is 11.3. The molecule has 0 aliphatic rings. The van der Waals surface area contributed by atoms with Crippen molar-refractivity contribution < 1.29 is 4.74 Å². The number of ether oxygens (including phenoxy) is 1. The van der Waals surface area contributed by atoms with Crippen molar-refractivity contribution in [2.45, 2.75) is 19.9 Å². The van der Waals surface area contributed by atoms with Gasteiger partial charge >= 0.3 is 0 Å². The zero-order valence-corrected chi connectivity index (χ0v) is 11.3. The summed E-state index contributed by atoms with van der Waals surface area (Å²) in [5, 5.41) is 0. The summed E-state index contributed by atoms with van der Waals surface area (Å²) in [4.78, 5) is 4.11. The van der Waals surface area contributed by atoms with Gasteiger partial charge in [0.15, 0.2) is 0 Å². The van der Waals surface area contributed by atoms with E-state index >= 15 is 0 Å². The number of nitrogens with two attached hydrogens (primary N) is 1. The minimum absolute atomic E-state index is 0.230. The third-order valence-electron chi connectivity index (χ3n) is 3.42. The van der Waals surface area contributed by atoms with Gasteiger partial charge in [-0.1, -0.05) is 12.1 Å². The molecule has 1 atom stereocenters. The fourth-order valence-corrected chi connectivity index (χ4v) is 2.15. The summed E-state index contributed by atoms with van der Waals surface area (Å²) >= 11 is 0. The molecular weight excluding hydrogens is 226 g/mol. The summed E-state index contributed by atoms with van der Waals surface area (Å²) in [7, 11) is 3.62. The number of benzene rings is 1. The topological polar surface area (TPSA) is 53.1 Å². The highest BCUT2D eigenvalue weighted by Gasteiger charge is 2.18. The first-order valence-electron chi connectivity index (χ1n) is 5.92. The van der Waals surface area contributed by atoms with Gasteiger partial charge in [0.1, 0.15) is 5.75 Å². The number of rotatable bonds is 3. The van der Waals surface area contributed by atoms with E-state index in [-0.39, 0.29) is 6.04 Å². The summed E-state index contributed by atoms with van der Waals surface area (Å²) in [5.74, 6) is 0.865. The summed E-state index contributed by atoms with van der Waals surface area (Å²) in [6, 6.07) is 3.87. The van der Waals surface area contributed by atoms with Crippen LogP contribution in [0.1, 0.15) is 28.4 Å². The van der Waals surface area contributed by atoms with Crippen molar-refractivity contribution >= 4 is 0 Å². The van der Waals surface area contributed by atoms with Crippen LogP contribution in [0, 0.1) is 13.8 Å². The molecule has 4 heteroatoms. The number of aromatic nitrogens is 2. The van der Waals surface area contributed by atoms with Crippen molar-refractivity contribution in [2.24, 2.45) is 12.8 Å². The molecule has 0 aliphatic heterocycles. The molecule has 0 bridgehead atoms. The van der Waals surface area contributed by atoms with Crippen LogP contribution in [0.25, 0.3) is 0 Å². The van der Waals surface area contributed by atoms with E-state index < -0.39 is 0 Å². The molecule has 0 saturated heterocycles. The SMILES string of the molecule is COc1c(C(N)c2cncn2C)ccc(C)c1C. The van der Waals surface area contributed by atoms with Crippen LogP contribution in [-0.2, 0) is 7.05 Å². The maximum atomic E-state index is 6.32. The highest BCUT2D eigenvalue weighted by molar-refractivity contribution is 5.48. The van der Waals surface area contributed by atoms with E-state index in [4.69, 9.17) is 10.5 Å². The number of hydrogen-bond acceptors (Lipinski definition) is 3. The summed E-state index contributed by atoms with van der Waals surface area (Å²) in [5.41, 5.74) is 10.6. The maximum Gasteiger partial charge on any atom is 0.127 e. The maximum absolute atomic E-state index is 6.32. The summed E-state index contributed by atoms with van der Waals surface area (Å²) < 4.78 is 7.44. The molecule has 0 saturated carbocycles. The average Bonchev–Trinajstić information content (AvgIpc) is 2.78. The molecule has 4 nitrogen and oxygen atoms in total. The lowest BCUT2D eigenvalue weighted by Gasteiger charge is -2.19. The summed E-state index contributed by atoms with van der Waals surface area (Å²) in [6.45, 7) is 4.12. The van der Waals surface area contributed by atoms with E-state index in [0.717, 1.165) is 22.6 Å². The molecule has 1 aromatic heterocycles. The second-order valence-electron chi connectivity index (χ2n) is 4.54. The third kappa shape index (κ3) is 1.99. The Morgan fingerprint density at radius 3 is 2.61 bits per heavy atom. The molecule has 1 unspecified atom stereocenters. The minimum Gasteiger partial charge on any atom is -0.496 e. The third-order valence-corrected chi connectivity index (χ3v) is 3.42. The predicted octanol–water partition coefficient (Wildman–Crippen LogP) is 2.09. The van der Waals surface area contributed by atoms with E-state index in [1.807, 2.05) is 24.6 Å². The molecule has 0 fully saturated rings. The molecule has 0 amide bonds. The van der Waals surface area contributed by atoms with Crippen LogP contribution in [0.3, 0.4) is 0 Å². The fourth-order valence-electron chi connectivity index (χ4n) is 2.15. The van der Waals surface area contributed by atoms with E-state index in [0.29, 0.717) is 0 Å². The molecule has 2 N–H and O–H groups in total. The van der Waals surface area contributed by atoms with Crippen molar-refractivity contribution in [1.82, 2.24) is 9.55 Å². The van der Waals surface area contributed by atoms with Crippen LogP contribution >= 0.6 is 0 Å². The highest BCUT2D eigenvalue weighted by Crippen LogP contribution is 2.32. The lowest BCUT2D eigenvalue weighted by Crippen LogP contribution is -2.16. The van der Waals surface area contributed by atoms with Crippen LogP contribution < -0.4 is 10.5 Å². The van der Waals surface area contributed by atoms with Gasteiger partial charge in [-0.2, -0.15) is 0 Å². The van der Waals surface area contributed by atoms with Gasteiger partial charge in [-0.3, -0.25) is 0 Å². The van der Waals surface area contributed by atoms with Crippen molar-refractivity contribution in [3.8, 4) is 5.75 Å². The minimum atomic E-state index is -0.230. The van der Waals surface area contributed by atoms with Crippen molar-refractivity contribution in [3.05, 3.63) is 47.0 Å². The first-order chi connectivity index (χ1) is 8.56. The van der Waals surface area contributed by atoms with Gasteiger partial charge in [0, 0.05) is 12.6 Å². The Labute approximate surface area is 107 Å². The Balaban J connectivity index is 2.52. The van der Waals surface area contributed by atoms with Crippen LogP contribution in [-0.4, -0.2) is 16.7 Å². The van der Waals surface area contributed by atoms with Gasteiger partial charge in [0.25, 0.3) is 0 Å². The Morgan fingerprint density at radius 1 is 1.33 bits per heavy atom. The van der Waals surface area contributed by atoms with Crippen LogP contribution in [0.5, 0.6) is 5.75 Å². The van der Waals surface area contributed by atoms with Crippen LogP contribution in [0.15, 0.2) is 24.7 Å². The Bertz CT molecular complexity index is 560. The van der Waals surface area contributed by atoms with Gasteiger partial charge < -0.3 is 15.0 Å². The molecule has 18 heavy (non-hydrogen) atoms. The van der Waals surface area contributed by atoms with Gasteiger partial charge in [-0.15, -0.1) is 0 Å². The largest absolute Gasteiger partial charge is 0.496 e. The molecule has 1 aromatic carbocycles. The Hall–Kier alpha value is -1.81. The number of imidazole rings is 1.